The van der Waals surface area contributed by atoms with Gasteiger partial charge >= 0.3 is 0 Å². The summed E-state index contributed by atoms with van der Waals surface area (Å²) in [5.41, 5.74) is 6.07. The van der Waals surface area contributed by atoms with E-state index in [0.29, 0.717) is 18.3 Å². The third kappa shape index (κ3) is 3.95. The number of likely N-dealkylation sites (tertiary alicyclic amines) is 1. The number of hydrogen-bond donors (Lipinski definition) is 2. The zero-order chi connectivity index (χ0) is 18.9. The van der Waals surface area contributed by atoms with Crippen LogP contribution in [-0.2, 0) is 9.53 Å². The Bertz CT molecular complexity index is 683. The van der Waals surface area contributed by atoms with Crippen molar-refractivity contribution in [3.8, 4) is 0 Å². The Labute approximate surface area is 160 Å². The van der Waals surface area contributed by atoms with Crippen LogP contribution < -0.4 is 16.0 Å². The summed E-state index contributed by atoms with van der Waals surface area (Å²) in [6, 6.07) is 1.95. The molecule has 0 aromatic carbocycles. The number of piperidine rings is 2. The molecule has 148 valence electrons. The molecule has 1 atom stereocenters. The van der Waals surface area contributed by atoms with Crippen LogP contribution in [0.15, 0.2) is 6.07 Å². The summed E-state index contributed by atoms with van der Waals surface area (Å²) >= 11 is 0. The molecule has 1 aromatic heterocycles. The second kappa shape index (κ2) is 7.50. The zero-order valence-electron chi connectivity index (χ0n) is 16.1. The molecule has 1 spiro atoms. The predicted molar refractivity (Wildman–Crippen MR) is 105 cm³/mol. The Hall–Kier alpha value is -2.09. The lowest BCUT2D eigenvalue weighted by molar-refractivity contribution is -0.140. The molecule has 1 aromatic rings. The van der Waals surface area contributed by atoms with Crippen molar-refractivity contribution in [2.24, 2.45) is 5.41 Å². The molecule has 3 saturated heterocycles. The second-order valence-electron chi connectivity index (χ2n) is 8.12. The molecule has 8 heteroatoms. The molecule has 1 unspecified atom stereocenters. The fourth-order valence-electron chi connectivity index (χ4n) is 4.66. The van der Waals surface area contributed by atoms with Crippen LogP contribution in [0.5, 0.6) is 0 Å². The van der Waals surface area contributed by atoms with Gasteiger partial charge in [-0.2, -0.15) is 9.97 Å². The molecule has 0 radical (unpaired) electrons. The van der Waals surface area contributed by atoms with Gasteiger partial charge in [-0.25, -0.2) is 0 Å². The second-order valence-corrected chi connectivity index (χ2v) is 8.12. The highest BCUT2D eigenvalue weighted by Crippen LogP contribution is 2.41. The molecule has 4 rings (SSSR count). The monoisotopic (exact) mass is 374 g/mol. The number of anilines is 3. The van der Waals surface area contributed by atoms with Crippen LogP contribution in [-0.4, -0.2) is 66.7 Å². The number of nitrogens with one attached hydrogen (secondary N) is 1. The molecule has 0 bridgehead atoms. The minimum atomic E-state index is 0.230. The van der Waals surface area contributed by atoms with Crippen molar-refractivity contribution in [2.75, 3.05) is 55.8 Å². The van der Waals surface area contributed by atoms with Crippen LogP contribution in [0, 0.1) is 5.41 Å². The van der Waals surface area contributed by atoms with Crippen LogP contribution in [0.4, 0.5) is 17.6 Å². The minimum Gasteiger partial charge on any atom is -0.376 e. The Kier molecular flexibility index (Phi) is 5.08. The molecule has 3 aliphatic heterocycles. The summed E-state index contributed by atoms with van der Waals surface area (Å²) < 4.78 is 5.75. The molecular weight excluding hydrogens is 344 g/mol. The van der Waals surface area contributed by atoms with Crippen molar-refractivity contribution in [3.05, 3.63) is 6.07 Å². The predicted octanol–water partition coefficient (Wildman–Crippen LogP) is 1.49. The normalized spacial score (nSPS) is 25.2. The average molecular weight is 374 g/mol. The summed E-state index contributed by atoms with van der Waals surface area (Å²) in [5, 5.41) is 3.04. The van der Waals surface area contributed by atoms with Crippen LogP contribution >= 0.6 is 0 Å². The summed E-state index contributed by atoms with van der Waals surface area (Å²) in [7, 11) is 1.83. The number of aromatic nitrogens is 2. The summed E-state index contributed by atoms with van der Waals surface area (Å²) in [6.45, 7) is 4.33. The van der Waals surface area contributed by atoms with Crippen molar-refractivity contribution < 1.29 is 9.53 Å². The average Bonchev–Trinajstić information content (AvgIpc) is 3.18. The Morgan fingerprint density at radius 2 is 2.15 bits per heavy atom. The van der Waals surface area contributed by atoms with E-state index in [9.17, 15) is 4.79 Å². The van der Waals surface area contributed by atoms with E-state index in [2.05, 4.69) is 25.1 Å². The topological polar surface area (TPSA) is 96.6 Å². The van der Waals surface area contributed by atoms with Gasteiger partial charge in [0.05, 0.1) is 6.10 Å². The first kappa shape index (κ1) is 18.3. The lowest BCUT2D eigenvalue weighted by atomic mass is 9.72. The van der Waals surface area contributed by atoms with Crippen molar-refractivity contribution >= 4 is 23.5 Å². The van der Waals surface area contributed by atoms with Crippen molar-refractivity contribution in [1.29, 1.82) is 0 Å². The number of nitrogen functional groups attached to an aromatic ring is 1. The summed E-state index contributed by atoms with van der Waals surface area (Å²) in [5.74, 6) is 2.21. The third-order valence-electron chi connectivity index (χ3n) is 6.33. The fourth-order valence-corrected chi connectivity index (χ4v) is 4.66. The van der Waals surface area contributed by atoms with Crippen molar-refractivity contribution in [1.82, 2.24) is 14.9 Å². The van der Waals surface area contributed by atoms with Gasteiger partial charge in [0.25, 0.3) is 0 Å². The van der Waals surface area contributed by atoms with E-state index in [1.165, 1.54) is 0 Å². The van der Waals surface area contributed by atoms with E-state index < -0.39 is 0 Å². The van der Waals surface area contributed by atoms with Crippen LogP contribution in [0.1, 0.15) is 38.5 Å². The van der Waals surface area contributed by atoms with Crippen LogP contribution in [0.25, 0.3) is 0 Å². The highest BCUT2D eigenvalue weighted by molar-refractivity contribution is 5.77. The zero-order valence-corrected chi connectivity index (χ0v) is 16.1. The first-order valence-corrected chi connectivity index (χ1v) is 10.0. The van der Waals surface area contributed by atoms with Gasteiger partial charge in [-0.3, -0.25) is 4.79 Å². The van der Waals surface area contributed by atoms with Gasteiger partial charge in [0, 0.05) is 52.3 Å². The molecule has 1 amide bonds. The maximum absolute atomic E-state index is 12.4. The molecule has 27 heavy (non-hydrogen) atoms. The van der Waals surface area contributed by atoms with E-state index in [0.717, 1.165) is 76.5 Å². The Morgan fingerprint density at radius 3 is 2.85 bits per heavy atom. The molecule has 3 aliphatic rings. The first-order valence-electron chi connectivity index (χ1n) is 10.0. The molecule has 8 nitrogen and oxygen atoms in total. The maximum Gasteiger partial charge on any atom is 0.223 e. The smallest absolute Gasteiger partial charge is 0.223 e. The van der Waals surface area contributed by atoms with Crippen LogP contribution in [0.2, 0.25) is 0 Å². The lowest BCUT2D eigenvalue weighted by Crippen LogP contribution is -2.53. The van der Waals surface area contributed by atoms with Crippen LogP contribution in [0.3, 0.4) is 0 Å². The third-order valence-corrected chi connectivity index (χ3v) is 6.33. The van der Waals surface area contributed by atoms with Gasteiger partial charge in [0.15, 0.2) is 0 Å². The largest absolute Gasteiger partial charge is 0.376 e. The van der Waals surface area contributed by atoms with E-state index in [-0.39, 0.29) is 11.5 Å². The lowest BCUT2D eigenvalue weighted by Gasteiger charge is -2.48. The molecule has 3 N–H and O–H groups in total. The van der Waals surface area contributed by atoms with Gasteiger partial charge < -0.3 is 25.6 Å². The number of carbonyl (C=O) groups excluding carboxylic acids is 1. The number of nitrogens with zero attached hydrogens (tertiary/aromatic N) is 4. The summed E-state index contributed by atoms with van der Waals surface area (Å²) in [6.07, 6.45) is 6.22. The van der Waals surface area contributed by atoms with Gasteiger partial charge in [0.1, 0.15) is 11.6 Å². The van der Waals surface area contributed by atoms with E-state index in [4.69, 9.17) is 10.5 Å². The molecule has 0 saturated carbocycles. The highest BCUT2D eigenvalue weighted by atomic mass is 16.5. The number of rotatable bonds is 4. The molecule has 4 heterocycles. The molecular formula is C19H30N6O2. The van der Waals surface area contributed by atoms with Gasteiger partial charge in [-0.05, 0) is 37.5 Å². The number of amides is 1. The molecule has 3 fully saturated rings. The summed E-state index contributed by atoms with van der Waals surface area (Å²) in [4.78, 5) is 25.3. The van der Waals surface area contributed by atoms with E-state index in [1.807, 2.05) is 13.1 Å². The Morgan fingerprint density at radius 1 is 1.33 bits per heavy atom. The number of ether oxygens (including phenoxy) is 1. The van der Waals surface area contributed by atoms with Gasteiger partial charge in [-0.15, -0.1) is 0 Å². The quantitative estimate of drug-likeness (QED) is 0.824. The van der Waals surface area contributed by atoms with E-state index >= 15 is 0 Å². The maximum atomic E-state index is 12.4. The standard InChI is InChI=1S/C19H30N6O2/c1-21-15-11-16(23-18(20)22-15)24-8-6-19(7-9-24)5-4-17(26)25(13-19)12-14-3-2-10-27-14/h11,14H,2-10,12-13H2,1H3,(H3,20,21,22,23). The van der Waals surface area contributed by atoms with Crippen molar-refractivity contribution in [3.63, 3.8) is 0 Å². The van der Waals surface area contributed by atoms with Gasteiger partial charge in [0.2, 0.25) is 11.9 Å². The molecule has 0 aliphatic carbocycles. The fraction of sp³-hybridized carbons (Fsp3) is 0.737. The minimum absolute atomic E-state index is 0.230. The number of carbonyl (C=O) groups is 1. The number of hydrogen-bond acceptors (Lipinski definition) is 7. The Balaban J connectivity index is 1.40. The highest BCUT2D eigenvalue weighted by Gasteiger charge is 2.41. The van der Waals surface area contributed by atoms with Crippen molar-refractivity contribution in [2.45, 2.75) is 44.6 Å². The van der Waals surface area contributed by atoms with E-state index in [1.54, 1.807) is 0 Å². The van der Waals surface area contributed by atoms with Gasteiger partial charge in [-0.1, -0.05) is 0 Å². The number of nitrogens with two attached hydrogens (primary N) is 1. The SMILES string of the molecule is CNc1cc(N2CCC3(CCC(=O)N(CC4CCCO4)C3)CC2)nc(N)n1. The first-order chi connectivity index (χ1) is 13.1.